The van der Waals surface area contributed by atoms with Crippen molar-refractivity contribution in [1.29, 1.82) is 0 Å². The van der Waals surface area contributed by atoms with E-state index in [1.54, 1.807) is 11.3 Å². The van der Waals surface area contributed by atoms with Crippen LogP contribution < -0.4 is 5.73 Å². The largest absolute Gasteiger partial charge is 0.374 e. The summed E-state index contributed by atoms with van der Waals surface area (Å²) >= 11 is 5.13. The predicted octanol–water partition coefficient (Wildman–Crippen LogP) is 3.54. The molecule has 1 rings (SSSR count). The van der Waals surface area contributed by atoms with Crippen molar-refractivity contribution in [3.63, 3.8) is 0 Å². The van der Waals surface area contributed by atoms with Crippen LogP contribution in [0.1, 0.15) is 31.6 Å². The van der Waals surface area contributed by atoms with Gasteiger partial charge in [0, 0.05) is 10.4 Å². The lowest BCUT2D eigenvalue weighted by Crippen LogP contribution is -2.43. The smallest absolute Gasteiger partial charge is 0.0810 e. The van der Waals surface area contributed by atoms with Gasteiger partial charge in [-0.25, -0.2) is 0 Å². The molecule has 0 aliphatic rings. The zero-order chi connectivity index (χ0) is 11.3. The molecule has 0 saturated carbocycles. The summed E-state index contributed by atoms with van der Waals surface area (Å²) in [5, 5.41) is 0. The third-order valence-electron chi connectivity index (χ3n) is 2.67. The minimum Gasteiger partial charge on any atom is -0.374 e. The molecule has 0 fully saturated rings. The lowest BCUT2D eigenvalue weighted by atomic mass is 9.96. The lowest BCUT2D eigenvalue weighted by Gasteiger charge is -2.26. The van der Waals surface area contributed by atoms with Gasteiger partial charge in [-0.1, -0.05) is 13.8 Å². The van der Waals surface area contributed by atoms with Crippen molar-refractivity contribution in [2.45, 2.75) is 38.8 Å². The van der Waals surface area contributed by atoms with E-state index in [2.05, 4.69) is 35.8 Å². The van der Waals surface area contributed by atoms with Crippen molar-refractivity contribution in [2.75, 3.05) is 6.61 Å². The second kappa shape index (κ2) is 5.99. The molecule has 0 saturated heterocycles. The van der Waals surface area contributed by atoms with Gasteiger partial charge in [0.15, 0.2) is 0 Å². The topological polar surface area (TPSA) is 35.2 Å². The molecule has 0 aliphatic heterocycles. The van der Waals surface area contributed by atoms with Gasteiger partial charge >= 0.3 is 0 Å². The highest BCUT2D eigenvalue weighted by molar-refractivity contribution is 9.11. The van der Waals surface area contributed by atoms with Crippen LogP contribution in [0, 0.1) is 0 Å². The Morgan fingerprint density at radius 1 is 1.40 bits per heavy atom. The Kier molecular flexibility index (Phi) is 5.26. The molecule has 0 radical (unpaired) electrons. The molecule has 4 heteroatoms. The van der Waals surface area contributed by atoms with Crippen molar-refractivity contribution in [1.82, 2.24) is 0 Å². The summed E-state index contributed by atoms with van der Waals surface area (Å²) in [5.41, 5.74) is 5.98. The van der Waals surface area contributed by atoms with E-state index in [0.29, 0.717) is 13.2 Å². The SMILES string of the molecule is CCC(N)(CC)COCc1ccc(Br)s1. The first-order valence-electron chi connectivity index (χ1n) is 5.20. The zero-order valence-electron chi connectivity index (χ0n) is 9.25. The maximum Gasteiger partial charge on any atom is 0.0810 e. The predicted molar refractivity (Wildman–Crippen MR) is 69.2 cm³/mol. The Hall–Kier alpha value is 0.1000. The van der Waals surface area contributed by atoms with Gasteiger partial charge in [0.05, 0.1) is 17.0 Å². The maximum absolute atomic E-state index is 6.14. The third kappa shape index (κ3) is 4.23. The van der Waals surface area contributed by atoms with Crippen LogP contribution in [0.25, 0.3) is 0 Å². The number of halogens is 1. The van der Waals surface area contributed by atoms with E-state index in [0.717, 1.165) is 16.6 Å². The zero-order valence-corrected chi connectivity index (χ0v) is 11.7. The van der Waals surface area contributed by atoms with E-state index in [4.69, 9.17) is 10.5 Å². The molecule has 1 aromatic heterocycles. The minimum atomic E-state index is -0.158. The molecule has 0 atom stereocenters. The molecular weight excluding hydrogens is 274 g/mol. The van der Waals surface area contributed by atoms with E-state index in [9.17, 15) is 0 Å². The highest BCUT2D eigenvalue weighted by Gasteiger charge is 2.20. The number of ether oxygens (including phenoxy) is 1. The number of nitrogens with two attached hydrogens (primary N) is 1. The molecule has 0 spiro atoms. The van der Waals surface area contributed by atoms with Crippen LogP contribution in [0.4, 0.5) is 0 Å². The second-order valence-corrected chi connectivity index (χ2v) is 6.32. The molecular formula is C11H18BrNOS. The molecule has 86 valence electrons. The number of hydrogen-bond donors (Lipinski definition) is 1. The van der Waals surface area contributed by atoms with Gasteiger partial charge in [0.1, 0.15) is 0 Å². The first-order valence-corrected chi connectivity index (χ1v) is 6.81. The Bertz CT molecular complexity index is 297. The second-order valence-electron chi connectivity index (χ2n) is 3.77. The van der Waals surface area contributed by atoms with Crippen LogP contribution in [0.2, 0.25) is 0 Å². The molecule has 2 N–H and O–H groups in total. The third-order valence-corrected chi connectivity index (χ3v) is 4.27. The summed E-state index contributed by atoms with van der Waals surface area (Å²) in [6, 6.07) is 4.11. The molecule has 0 bridgehead atoms. The van der Waals surface area contributed by atoms with Crippen LogP contribution in [0.3, 0.4) is 0 Å². The lowest BCUT2D eigenvalue weighted by molar-refractivity contribution is 0.0711. The normalized spacial score (nSPS) is 12.0. The summed E-state index contributed by atoms with van der Waals surface area (Å²) in [5.74, 6) is 0. The minimum absolute atomic E-state index is 0.158. The van der Waals surface area contributed by atoms with Crippen LogP contribution in [0.5, 0.6) is 0 Å². The van der Waals surface area contributed by atoms with Gasteiger partial charge in [-0.15, -0.1) is 11.3 Å². The summed E-state index contributed by atoms with van der Waals surface area (Å²) in [7, 11) is 0. The maximum atomic E-state index is 6.14. The van der Waals surface area contributed by atoms with Crippen LogP contribution in [0.15, 0.2) is 15.9 Å². The molecule has 15 heavy (non-hydrogen) atoms. The van der Waals surface area contributed by atoms with Gasteiger partial charge < -0.3 is 10.5 Å². The monoisotopic (exact) mass is 291 g/mol. The van der Waals surface area contributed by atoms with Crippen molar-refractivity contribution in [3.8, 4) is 0 Å². The molecule has 0 aliphatic carbocycles. The summed E-state index contributed by atoms with van der Waals surface area (Å²) in [4.78, 5) is 1.23. The Morgan fingerprint density at radius 3 is 2.53 bits per heavy atom. The quantitative estimate of drug-likeness (QED) is 0.870. The molecule has 0 unspecified atom stereocenters. The van der Waals surface area contributed by atoms with E-state index in [1.165, 1.54) is 4.88 Å². The van der Waals surface area contributed by atoms with E-state index in [-0.39, 0.29) is 5.54 Å². The van der Waals surface area contributed by atoms with Crippen molar-refractivity contribution in [2.24, 2.45) is 5.73 Å². The van der Waals surface area contributed by atoms with Crippen LogP contribution in [-0.4, -0.2) is 12.1 Å². The molecule has 0 aromatic carbocycles. The average Bonchev–Trinajstić information content (AvgIpc) is 2.64. The fourth-order valence-corrected chi connectivity index (χ4v) is 2.66. The van der Waals surface area contributed by atoms with E-state index in [1.807, 2.05) is 6.07 Å². The highest BCUT2D eigenvalue weighted by Crippen LogP contribution is 2.23. The van der Waals surface area contributed by atoms with Gasteiger partial charge in [0.25, 0.3) is 0 Å². The Labute approximate surface area is 104 Å². The fraction of sp³-hybridized carbons (Fsp3) is 0.636. The Morgan fingerprint density at radius 2 is 2.07 bits per heavy atom. The van der Waals surface area contributed by atoms with Crippen molar-refractivity contribution >= 4 is 27.3 Å². The van der Waals surface area contributed by atoms with E-state index >= 15 is 0 Å². The molecule has 0 amide bonds. The van der Waals surface area contributed by atoms with Crippen molar-refractivity contribution in [3.05, 3.63) is 20.8 Å². The summed E-state index contributed by atoms with van der Waals surface area (Å²) in [6.45, 7) is 5.51. The average molecular weight is 292 g/mol. The van der Waals surface area contributed by atoms with Gasteiger partial charge in [0.2, 0.25) is 0 Å². The fourth-order valence-electron chi connectivity index (χ4n) is 1.24. The van der Waals surface area contributed by atoms with E-state index < -0.39 is 0 Å². The summed E-state index contributed by atoms with van der Waals surface area (Å²) in [6.07, 6.45) is 1.91. The van der Waals surface area contributed by atoms with Crippen molar-refractivity contribution < 1.29 is 4.74 Å². The molecule has 1 aromatic rings. The van der Waals surface area contributed by atoms with Gasteiger partial charge in [-0.05, 0) is 40.9 Å². The number of thiophene rings is 1. The van der Waals surface area contributed by atoms with Crippen LogP contribution >= 0.6 is 27.3 Å². The number of hydrogen-bond acceptors (Lipinski definition) is 3. The first kappa shape index (κ1) is 13.2. The van der Waals surface area contributed by atoms with Gasteiger partial charge in [-0.3, -0.25) is 0 Å². The highest BCUT2D eigenvalue weighted by atomic mass is 79.9. The number of rotatable bonds is 6. The standard InChI is InChI=1S/C11H18BrNOS/c1-3-11(13,4-2)8-14-7-9-5-6-10(12)15-9/h5-6H,3-4,7-8,13H2,1-2H3. The summed E-state index contributed by atoms with van der Waals surface area (Å²) < 4.78 is 6.79. The molecule has 1 heterocycles. The van der Waals surface area contributed by atoms with Crippen LogP contribution in [-0.2, 0) is 11.3 Å². The first-order chi connectivity index (χ1) is 7.09. The van der Waals surface area contributed by atoms with Gasteiger partial charge in [-0.2, -0.15) is 0 Å². The molecule has 2 nitrogen and oxygen atoms in total. The Balaban J connectivity index is 2.32.